The molecular weight excluding hydrogens is 446 g/mol. The number of hydrogen-bond acceptors (Lipinski definition) is 11. The highest BCUT2D eigenvalue weighted by Crippen LogP contribution is 2.01. The maximum atomic E-state index is 10.0. The Labute approximate surface area is 208 Å². The Morgan fingerprint density at radius 2 is 0.765 bits per heavy atom. The van der Waals surface area contributed by atoms with Crippen molar-refractivity contribution in [2.24, 2.45) is 0 Å². The van der Waals surface area contributed by atoms with Crippen LogP contribution < -0.4 is 0 Å². The molecule has 0 spiro atoms. The molecular formula is C23H55N3O8. The van der Waals surface area contributed by atoms with E-state index in [0.717, 1.165) is 0 Å². The van der Waals surface area contributed by atoms with Crippen molar-refractivity contribution in [3.8, 4) is 0 Å². The molecule has 0 amide bonds. The van der Waals surface area contributed by atoms with Crippen LogP contribution in [0.4, 0.5) is 0 Å². The summed E-state index contributed by atoms with van der Waals surface area (Å²) >= 11 is 0. The average Bonchev–Trinajstić information content (AvgIpc) is 2.63. The summed E-state index contributed by atoms with van der Waals surface area (Å²) in [4.78, 5) is 5.58. The molecule has 0 fully saturated rings. The molecule has 4 N–H and O–H groups in total. The average molecular weight is 502 g/mol. The van der Waals surface area contributed by atoms with Gasteiger partial charge in [-0.05, 0) is 42.3 Å². The summed E-state index contributed by atoms with van der Waals surface area (Å²) in [6.07, 6.45) is -3.20. The number of rotatable bonds is 21. The Bertz CT molecular complexity index is 433. The normalized spacial score (nSPS) is 16.1. The summed E-state index contributed by atoms with van der Waals surface area (Å²) in [5.74, 6) is 0. The van der Waals surface area contributed by atoms with Crippen molar-refractivity contribution in [3.63, 3.8) is 0 Å². The fourth-order valence-corrected chi connectivity index (χ4v) is 2.87. The van der Waals surface area contributed by atoms with Gasteiger partial charge in [0.05, 0.1) is 64.6 Å². The zero-order valence-electron chi connectivity index (χ0n) is 20.7. The predicted octanol–water partition coefficient (Wildman–Crippen LogP) is -1.18. The minimum atomic E-state index is -0.843. The highest BCUT2D eigenvalue weighted by molar-refractivity contribution is 4.64. The molecule has 0 rings (SSSR count). The van der Waals surface area contributed by atoms with Gasteiger partial charge in [0, 0.05) is 19.6 Å². The van der Waals surface area contributed by atoms with Crippen LogP contribution in [0.2, 0.25) is 0 Å². The van der Waals surface area contributed by atoms with Gasteiger partial charge in [-0.2, -0.15) is 0 Å². The first-order valence-electron chi connectivity index (χ1n) is 11.0. The maximum absolute atomic E-state index is 10.0. The number of hydrogen-bond donors (Lipinski definition) is 4. The molecule has 0 aliphatic carbocycles. The van der Waals surface area contributed by atoms with Gasteiger partial charge in [-0.15, -0.1) is 0 Å². The molecule has 0 bridgehead atoms. The summed E-state index contributed by atoms with van der Waals surface area (Å²) in [6.45, 7) is 2.25. The Hall–Kier alpha value is -0.440. The molecule has 5 unspecified atom stereocenters. The molecule has 0 saturated carbocycles. The molecule has 0 aliphatic heterocycles. The second-order valence-electron chi connectivity index (χ2n) is 8.97. The van der Waals surface area contributed by atoms with Gasteiger partial charge in [-0.3, -0.25) is 0 Å². The molecule has 11 nitrogen and oxygen atoms in total. The molecule has 210 valence electrons. The summed E-state index contributed by atoms with van der Waals surface area (Å²) in [5.41, 5.74) is 0. The maximum Gasteiger partial charge on any atom is 0.104 e. The quantitative estimate of drug-likeness (QED) is 0.152. The zero-order chi connectivity index (χ0) is 24.5. The van der Waals surface area contributed by atoms with Crippen molar-refractivity contribution in [2.75, 3.05) is 108 Å². The van der Waals surface area contributed by atoms with Gasteiger partial charge in [0.15, 0.2) is 0 Å². The van der Waals surface area contributed by atoms with E-state index in [-0.39, 0.29) is 61.1 Å². The fraction of sp³-hybridized carbons (Fsp3) is 1.00. The van der Waals surface area contributed by atoms with E-state index in [2.05, 4.69) is 0 Å². The van der Waals surface area contributed by atoms with Gasteiger partial charge in [-0.25, -0.2) is 0 Å². The second-order valence-corrected chi connectivity index (χ2v) is 8.97. The minimum absolute atomic E-state index is 0. The highest BCUT2D eigenvalue weighted by Gasteiger charge is 2.16. The lowest BCUT2D eigenvalue weighted by atomic mass is 10.3. The van der Waals surface area contributed by atoms with Crippen molar-refractivity contribution in [1.29, 1.82) is 0 Å². The first-order valence-corrected chi connectivity index (χ1v) is 11.0. The van der Waals surface area contributed by atoms with E-state index in [1.54, 1.807) is 0 Å². The van der Waals surface area contributed by atoms with Crippen molar-refractivity contribution in [2.45, 2.75) is 45.4 Å². The standard InChI is InChI=1S/C21H47N3O8.2CH4/c1-22(2)7-17(25)10-29-12-20(28)13-31-16-21(32-14-19(27)9-24(5)6)15-30-11-18(26)8-23(3)4;;/h17-21,25-28H,7-16H2,1-6H3;2*1H4. The number of aliphatic hydroxyl groups excluding tert-OH is 4. The van der Waals surface area contributed by atoms with Gasteiger partial charge in [0.25, 0.3) is 0 Å². The monoisotopic (exact) mass is 501 g/mol. The number of aliphatic hydroxyl groups is 4. The first kappa shape index (κ1) is 38.1. The molecule has 0 heterocycles. The Morgan fingerprint density at radius 3 is 1.12 bits per heavy atom. The topological polar surface area (TPSA) is 128 Å². The lowest BCUT2D eigenvalue weighted by molar-refractivity contribution is -0.104. The lowest BCUT2D eigenvalue weighted by Gasteiger charge is -2.23. The van der Waals surface area contributed by atoms with E-state index in [1.165, 1.54) is 0 Å². The molecule has 0 radical (unpaired) electrons. The van der Waals surface area contributed by atoms with Gasteiger partial charge < -0.3 is 54.1 Å². The predicted molar refractivity (Wildman–Crippen MR) is 135 cm³/mol. The van der Waals surface area contributed by atoms with E-state index < -0.39 is 30.5 Å². The fourth-order valence-electron chi connectivity index (χ4n) is 2.87. The number of likely N-dealkylation sites (N-methyl/N-ethyl adjacent to an activating group) is 3. The van der Waals surface area contributed by atoms with Gasteiger partial charge >= 0.3 is 0 Å². The molecule has 34 heavy (non-hydrogen) atoms. The van der Waals surface area contributed by atoms with Crippen LogP contribution in [-0.2, 0) is 18.9 Å². The summed E-state index contributed by atoms with van der Waals surface area (Å²) < 4.78 is 22.2. The Balaban J connectivity index is -0.00000480. The van der Waals surface area contributed by atoms with E-state index >= 15 is 0 Å². The third-order valence-corrected chi connectivity index (χ3v) is 4.10. The first-order chi connectivity index (χ1) is 15.0. The van der Waals surface area contributed by atoms with E-state index in [4.69, 9.17) is 18.9 Å². The smallest absolute Gasteiger partial charge is 0.104 e. The molecule has 0 saturated heterocycles. The molecule has 11 heteroatoms. The van der Waals surface area contributed by atoms with Crippen molar-refractivity contribution in [1.82, 2.24) is 14.7 Å². The number of ether oxygens (including phenoxy) is 4. The van der Waals surface area contributed by atoms with E-state index in [1.807, 2.05) is 57.0 Å². The van der Waals surface area contributed by atoms with Crippen LogP contribution in [0, 0.1) is 0 Å². The van der Waals surface area contributed by atoms with Crippen molar-refractivity contribution >= 4 is 0 Å². The van der Waals surface area contributed by atoms with Gasteiger partial charge in [0.2, 0.25) is 0 Å². The van der Waals surface area contributed by atoms with Crippen LogP contribution in [-0.4, -0.2) is 174 Å². The Morgan fingerprint density at radius 1 is 0.471 bits per heavy atom. The van der Waals surface area contributed by atoms with Gasteiger partial charge in [0.1, 0.15) is 12.2 Å². The third kappa shape index (κ3) is 24.7. The molecule has 5 atom stereocenters. The summed E-state index contributed by atoms with van der Waals surface area (Å²) in [7, 11) is 11.2. The molecule has 0 aliphatic rings. The largest absolute Gasteiger partial charge is 0.389 e. The SMILES string of the molecule is C.C.CN(C)CC(O)COCC(O)COCC(COCC(O)CN(C)C)OCC(O)CN(C)C. The van der Waals surface area contributed by atoms with Crippen molar-refractivity contribution < 1.29 is 39.4 Å². The third-order valence-electron chi connectivity index (χ3n) is 4.10. The van der Waals surface area contributed by atoms with Gasteiger partial charge in [-0.1, -0.05) is 14.9 Å². The minimum Gasteiger partial charge on any atom is -0.389 e. The second kappa shape index (κ2) is 23.0. The lowest BCUT2D eigenvalue weighted by Crippen LogP contribution is -2.36. The Kier molecular flexibility index (Phi) is 25.8. The molecule has 0 aromatic rings. The zero-order valence-corrected chi connectivity index (χ0v) is 20.7. The van der Waals surface area contributed by atoms with Crippen LogP contribution in [0.25, 0.3) is 0 Å². The van der Waals surface area contributed by atoms with Crippen LogP contribution in [0.5, 0.6) is 0 Å². The van der Waals surface area contributed by atoms with Crippen LogP contribution in [0.15, 0.2) is 0 Å². The van der Waals surface area contributed by atoms with E-state index in [9.17, 15) is 20.4 Å². The van der Waals surface area contributed by atoms with Crippen LogP contribution >= 0.6 is 0 Å². The van der Waals surface area contributed by atoms with E-state index in [0.29, 0.717) is 19.6 Å². The summed E-state index contributed by atoms with van der Waals surface area (Å²) in [6, 6.07) is 0. The number of nitrogens with zero attached hydrogens (tertiary/aromatic N) is 3. The molecule has 0 aromatic carbocycles. The van der Waals surface area contributed by atoms with Crippen molar-refractivity contribution in [3.05, 3.63) is 0 Å². The van der Waals surface area contributed by atoms with Crippen LogP contribution in [0.1, 0.15) is 14.9 Å². The highest BCUT2D eigenvalue weighted by atomic mass is 16.6. The summed E-state index contributed by atoms with van der Waals surface area (Å²) in [5, 5.41) is 39.7. The molecule has 0 aromatic heterocycles. The van der Waals surface area contributed by atoms with Crippen LogP contribution in [0.3, 0.4) is 0 Å².